The third-order valence-electron chi connectivity index (χ3n) is 6.74. The van der Waals surface area contributed by atoms with E-state index in [1.54, 1.807) is 6.20 Å². The molecule has 2 heterocycles. The smallest absolute Gasteiger partial charge is 0.237 e. The number of halogens is 1. The molecular formula is C25H35ClN4O2. The summed E-state index contributed by atoms with van der Waals surface area (Å²) < 4.78 is 11.5. The van der Waals surface area contributed by atoms with Gasteiger partial charge in [0.05, 0.1) is 26.0 Å². The first-order valence-corrected chi connectivity index (χ1v) is 12.1. The van der Waals surface area contributed by atoms with Crippen molar-refractivity contribution in [1.29, 1.82) is 0 Å². The van der Waals surface area contributed by atoms with Gasteiger partial charge in [0, 0.05) is 24.5 Å². The molecule has 0 atom stereocenters. The molecule has 2 aromatic rings. The Morgan fingerprint density at radius 3 is 2.44 bits per heavy atom. The second-order valence-electron chi connectivity index (χ2n) is 10.0. The Labute approximate surface area is 196 Å². The van der Waals surface area contributed by atoms with E-state index in [9.17, 15) is 0 Å². The molecule has 2 fully saturated rings. The highest BCUT2D eigenvalue weighted by molar-refractivity contribution is 6.31. The van der Waals surface area contributed by atoms with Gasteiger partial charge in [-0.2, -0.15) is 4.98 Å². The Bertz CT molecular complexity index is 871. The predicted octanol–water partition coefficient (Wildman–Crippen LogP) is 5.94. The molecule has 174 valence electrons. The molecule has 1 saturated heterocycles. The fourth-order valence-electron chi connectivity index (χ4n) is 4.61. The lowest BCUT2D eigenvalue weighted by atomic mass is 9.70. The predicted molar refractivity (Wildman–Crippen MR) is 130 cm³/mol. The largest absolute Gasteiger partial charge is 0.476 e. The van der Waals surface area contributed by atoms with Crippen LogP contribution in [0.2, 0.25) is 5.02 Å². The van der Waals surface area contributed by atoms with E-state index in [1.165, 1.54) is 31.4 Å². The van der Waals surface area contributed by atoms with Gasteiger partial charge in [-0.3, -0.25) is 0 Å². The normalized spacial score (nSPS) is 21.9. The molecule has 1 aliphatic carbocycles. The van der Waals surface area contributed by atoms with Crippen LogP contribution in [0.5, 0.6) is 5.88 Å². The van der Waals surface area contributed by atoms with Crippen LogP contribution in [0.15, 0.2) is 30.5 Å². The highest BCUT2D eigenvalue weighted by Gasteiger charge is 2.30. The van der Waals surface area contributed by atoms with E-state index in [0.29, 0.717) is 34.8 Å². The van der Waals surface area contributed by atoms with E-state index in [1.807, 2.05) is 12.1 Å². The second kappa shape index (κ2) is 10.3. The van der Waals surface area contributed by atoms with E-state index in [-0.39, 0.29) is 0 Å². The minimum absolute atomic E-state index is 0.392. The second-order valence-corrected chi connectivity index (χ2v) is 10.4. The maximum Gasteiger partial charge on any atom is 0.237 e. The first-order valence-electron chi connectivity index (χ1n) is 11.7. The lowest BCUT2D eigenvalue weighted by Crippen LogP contribution is -2.36. The van der Waals surface area contributed by atoms with Crippen LogP contribution in [0.25, 0.3) is 0 Å². The summed E-state index contributed by atoms with van der Waals surface area (Å²) in [5.74, 6) is 2.29. The molecular weight excluding hydrogens is 424 g/mol. The van der Waals surface area contributed by atoms with Gasteiger partial charge >= 0.3 is 0 Å². The van der Waals surface area contributed by atoms with Crippen LogP contribution in [0.1, 0.15) is 46.5 Å². The molecule has 6 nitrogen and oxygen atoms in total. The van der Waals surface area contributed by atoms with Crippen LogP contribution in [0.4, 0.5) is 17.3 Å². The molecule has 1 N–H and O–H groups in total. The van der Waals surface area contributed by atoms with Gasteiger partial charge in [-0.25, -0.2) is 4.98 Å². The van der Waals surface area contributed by atoms with Crippen LogP contribution in [0.3, 0.4) is 0 Å². The molecule has 0 radical (unpaired) electrons. The molecule has 4 rings (SSSR count). The molecule has 1 saturated carbocycles. The molecule has 0 spiro atoms. The number of anilines is 3. The number of morpholine rings is 1. The molecule has 1 aliphatic heterocycles. The van der Waals surface area contributed by atoms with Gasteiger partial charge < -0.3 is 19.7 Å². The van der Waals surface area contributed by atoms with E-state index < -0.39 is 0 Å². The van der Waals surface area contributed by atoms with Crippen molar-refractivity contribution in [2.45, 2.75) is 46.5 Å². The Morgan fingerprint density at radius 1 is 1.09 bits per heavy atom. The third-order valence-corrected chi connectivity index (χ3v) is 7.00. The van der Waals surface area contributed by atoms with E-state index >= 15 is 0 Å². The van der Waals surface area contributed by atoms with Crippen LogP contribution >= 0.6 is 11.6 Å². The topological polar surface area (TPSA) is 59.5 Å². The van der Waals surface area contributed by atoms with Crippen molar-refractivity contribution < 1.29 is 9.47 Å². The van der Waals surface area contributed by atoms with E-state index in [0.717, 1.165) is 37.9 Å². The van der Waals surface area contributed by atoms with Crippen LogP contribution in [-0.4, -0.2) is 42.9 Å². The molecule has 1 aromatic heterocycles. The summed E-state index contributed by atoms with van der Waals surface area (Å²) in [5, 5.41) is 3.70. The highest BCUT2D eigenvalue weighted by atomic mass is 35.5. The Balaban J connectivity index is 1.32. The van der Waals surface area contributed by atoms with Crippen molar-refractivity contribution in [3.05, 3.63) is 35.5 Å². The fourth-order valence-corrected chi connectivity index (χ4v) is 4.76. The van der Waals surface area contributed by atoms with Crippen LogP contribution in [-0.2, 0) is 4.74 Å². The number of rotatable bonds is 6. The number of nitrogens with zero attached hydrogens (tertiary/aromatic N) is 3. The average Bonchev–Trinajstić information content (AvgIpc) is 2.80. The summed E-state index contributed by atoms with van der Waals surface area (Å²) in [7, 11) is 0. The van der Waals surface area contributed by atoms with Gasteiger partial charge in [0.1, 0.15) is 5.02 Å². The average molecular weight is 459 g/mol. The molecule has 0 unspecified atom stereocenters. The lowest BCUT2D eigenvalue weighted by Gasteiger charge is -2.36. The summed E-state index contributed by atoms with van der Waals surface area (Å²) in [5.41, 5.74) is 2.51. The van der Waals surface area contributed by atoms with Crippen LogP contribution < -0.4 is 15.0 Å². The SMILES string of the molecule is CC(C)(C)[C@H]1CC[C@H](COc2nc(Nc3ccc(N4CCOCC4)cc3)ncc2Cl)CC1. The van der Waals surface area contributed by atoms with Crippen LogP contribution in [0, 0.1) is 17.3 Å². The standard InChI is InChI=1S/C25H35ClN4O2/c1-25(2,3)19-6-4-18(5-7-19)17-32-23-22(26)16-27-24(29-23)28-20-8-10-21(11-9-20)30-12-14-31-15-13-30/h8-11,16,18-19H,4-7,12-15,17H2,1-3H3,(H,27,28,29)/t18-,19-. The quantitative estimate of drug-likeness (QED) is 0.577. The van der Waals surface area contributed by atoms with Gasteiger partial charge in [-0.05, 0) is 67.2 Å². The Morgan fingerprint density at radius 2 is 1.78 bits per heavy atom. The number of hydrogen-bond acceptors (Lipinski definition) is 6. The molecule has 1 aromatic carbocycles. The highest BCUT2D eigenvalue weighted by Crippen LogP contribution is 2.40. The number of aromatic nitrogens is 2. The third kappa shape index (κ3) is 6.04. The number of hydrogen-bond donors (Lipinski definition) is 1. The van der Waals surface area contributed by atoms with E-state index in [2.05, 4.69) is 53.1 Å². The zero-order chi connectivity index (χ0) is 22.6. The number of nitrogens with one attached hydrogen (secondary N) is 1. The van der Waals surface area contributed by atoms with Gasteiger partial charge in [0.2, 0.25) is 11.8 Å². The molecule has 7 heteroatoms. The minimum atomic E-state index is 0.392. The molecule has 32 heavy (non-hydrogen) atoms. The molecule has 2 aliphatic rings. The molecule has 0 bridgehead atoms. The van der Waals surface area contributed by atoms with Gasteiger partial charge in [-0.1, -0.05) is 32.4 Å². The summed E-state index contributed by atoms with van der Waals surface area (Å²) in [6.07, 6.45) is 6.53. The summed E-state index contributed by atoms with van der Waals surface area (Å²) >= 11 is 6.31. The number of ether oxygens (including phenoxy) is 2. The Kier molecular flexibility index (Phi) is 7.41. The van der Waals surface area contributed by atoms with Gasteiger partial charge in [-0.15, -0.1) is 0 Å². The van der Waals surface area contributed by atoms with Crippen molar-refractivity contribution >= 4 is 28.9 Å². The van der Waals surface area contributed by atoms with Gasteiger partial charge in [0.25, 0.3) is 0 Å². The van der Waals surface area contributed by atoms with E-state index in [4.69, 9.17) is 21.1 Å². The van der Waals surface area contributed by atoms with Crippen molar-refractivity contribution in [2.24, 2.45) is 17.3 Å². The van der Waals surface area contributed by atoms with Crippen molar-refractivity contribution in [2.75, 3.05) is 43.1 Å². The maximum atomic E-state index is 6.31. The zero-order valence-corrected chi connectivity index (χ0v) is 20.2. The van der Waals surface area contributed by atoms with Crippen molar-refractivity contribution in [3.8, 4) is 5.88 Å². The first-order chi connectivity index (χ1) is 15.4. The molecule has 0 amide bonds. The Hall–Kier alpha value is -2.05. The summed E-state index contributed by atoms with van der Waals surface area (Å²) in [4.78, 5) is 11.2. The van der Waals surface area contributed by atoms with Crippen molar-refractivity contribution in [1.82, 2.24) is 9.97 Å². The zero-order valence-electron chi connectivity index (χ0n) is 19.4. The minimum Gasteiger partial charge on any atom is -0.476 e. The van der Waals surface area contributed by atoms with Crippen molar-refractivity contribution in [3.63, 3.8) is 0 Å². The number of benzene rings is 1. The monoisotopic (exact) mass is 458 g/mol. The lowest BCUT2D eigenvalue weighted by molar-refractivity contribution is 0.120. The summed E-state index contributed by atoms with van der Waals surface area (Å²) in [6, 6.07) is 8.29. The van der Waals surface area contributed by atoms with Gasteiger partial charge in [0.15, 0.2) is 0 Å². The maximum absolute atomic E-state index is 6.31. The first kappa shape index (κ1) is 23.1. The fraction of sp³-hybridized carbons (Fsp3) is 0.600. The summed E-state index contributed by atoms with van der Waals surface area (Å²) in [6.45, 7) is 11.1.